The molecule has 0 aliphatic carbocycles. The Balaban J connectivity index is 2.46. The summed E-state index contributed by atoms with van der Waals surface area (Å²) in [7, 11) is 1.71. The third-order valence-corrected chi connectivity index (χ3v) is 3.58. The van der Waals surface area contributed by atoms with Gasteiger partial charge in [0.1, 0.15) is 0 Å². The molecule has 1 rings (SSSR count). The second-order valence-electron chi connectivity index (χ2n) is 3.56. The molecule has 2 atom stereocenters. The summed E-state index contributed by atoms with van der Waals surface area (Å²) in [6, 6.07) is 4.18. The maximum absolute atomic E-state index is 5.86. The summed E-state index contributed by atoms with van der Waals surface area (Å²) in [5.41, 5.74) is 2.81. The van der Waals surface area contributed by atoms with Crippen LogP contribution in [0.4, 0.5) is 0 Å². The van der Waals surface area contributed by atoms with Crippen molar-refractivity contribution >= 4 is 22.9 Å². The van der Waals surface area contributed by atoms with E-state index in [1.165, 1.54) is 4.88 Å². The van der Waals surface area contributed by atoms with Crippen LogP contribution in [0.15, 0.2) is 12.1 Å². The molecule has 0 aliphatic heterocycles. The first-order valence-corrected chi connectivity index (χ1v) is 6.08. The molecule has 1 aromatic rings. The van der Waals surface area contributed by atoms with Gasteiger partial charge in [0.25, 0.3) is 0 Å². The summed E-state index contributed by atoms with van der Waals surface area (Å²) in [4.78, 5) is 1.24. The highest BCUT2D eigenvalue weighted by atomic mass is 35.5. The Morgan fingerprint density at radius 1 is 1.60 bits per heavy atom. The van der Waals surface area contributed by atoms with E-state index in [9.17, 15) is 0 Å². The average molecular weight is 249 g/mol. The molecule has 0 spiro atoms. The highest BCUT2D eigenvalue weighted by Gasteiger charge is 2.13. The molecule has 1 aromatic heterocycles. The lowest BCUT2D eigenvalue weighted by molar-refractivity contribution is 0.100. The highest BCUT2D eigenvalue weighted by molar-refractivity contribution is 7.16. The first-order valence-electron chi connectivity index (χ1n) is 4.88. The van der Waals surface area contributed by atoms with Gasteiger partial charge >= 0.3 is 0 Å². The van der Waals surface area contributed by atoms with E-state index in [1.54, 1.807) is 18.4 Å². The van der Waals surface area contributed by atoms with Crippen molar-refractivity contribution in [3.8, 4) is 0 Å². The lowest BCUT2D eigenvalue weighted by atomic mass is 10.1. The zero-order chi connectivity index (χ0) is 11.3. The van der Waals surface area contributed by atoms with Crippen LogP contribution in [0.1, 0.15) is 18.2 Å². The van der Waals surface area contributed by atoms with Crippen LogP contribution in [-0.2, 0) is 11.2 Å². The Kier molecular flexibility index (Phi) is 5.56. The fourth-order valence-electron chi connectivity index (χ4n) is 1.41. The van der Waals surface area contributed by atoms with Gasteiger partial charge in [0.05, 0.1) is 10.4 Å². The maximum atomic E-state index is 5.86. The summed E-state index contributed by atoms with van der Waals surface area (Å²) >= 11 is 7.46. The van der Waals surface area contributed by atoms with Crippen molar-refractivity contribution in [2.24, 2.45) is 5.84 Å². The number of nitrogens with one attached hydrogen (secondary N) is 1. The van der Waals surface area contributed by atoms with Crippen LogP contribution in [0.2, 0.25) is 4.34 Å². The summed E-state index contributed by atoms with van der Waals surface area (Å²) < 4.78 is 6.03. The number of nitrogens with two attached hydrogens (primary N) is 1. The van der Waals surface area contributed by atoms with Crippen molar-refractivity contribution in [1.82, 2.24) is 5.43 Å². The van der Waals surface area contributed by atoms with E-state index >= 15 is 0 Å². The first-order chi connectivity index (χ1) is 7.15. The highest BCUT2D eigenvalue weighted by Crippen LogP contribution is 2.23. The van der Waals surface area contributed by atoms with Crippen molar-refractivity contribution in [1.29, 1.82) is 0 Å². The van der Waals surface area contributed by atoms with E-state index in [1.807, 2.05) is 19.1 Å². The molecule has 0 bridgehead atoms. The molecule has 0 aliphatic rings. The summed E-state index contributed by atoms with van der Waals surface area (Å²) in [5, 5.41) is 0. The molecule has 15 heavy (non-hydrogen) atoms. The second kappa shape index (κ2) is 6.45. The Bertz CT molecular complexity index is 293. The number of hydrogen-bond acceptors (Lipinski definition) is 4. The van der Waals surface area contributed by atoms with Crippen LogP contribution in [-0.4, -0.2) is 19.3 Å². The minimum Gasteiger partial charge on any atom is -0.382 e. The van der Waals surface area contributed by atoms with Gasteiger partial charge in [0.2, 0.25) is 0 Å². The standard InChI is InChI=1S/C10H17ClN2OS/c1-7(14-2)5-8(13-12)6-9-3-4-10(11)15-9/h3-4,7-8,13H,5-6,12H2,1-2H3. The van der Waals surface area contributed by atoms with Gasteiger partial charge in [-0.05, 0) is 31.9 Å². The van der Waals surface area contributed by atoms with Gasteiger partial charge in [-0.2, -0.15) is 0 Å². The van der Waals surface area contributed by atoms with Gasteiger partial charge in [-0.3, -0.25) is 11.3 Å². The van der Waals surface area contributed by atoms with Crippen LogP contribution < -0.4 is 11.3 Å². The van der Waals surface area contributed by atoms with Crippen LogP contribution in [0.3, 0.4) is 0 Å². The lowest BCUT2D eigenvalue weighted by Crippen LogP contribution is -2.39. The minimum atomic E-state index is 0.210. The molecule has 1 heterocycles. The van der Waals surface area contributed by atoms with E-state index < -0.39 is 0 Å². The van der Waals surface area contributed by atoms with Crippen LogP contribution >= 0.6 is 22.9 Å². The SMILES string of the molecule is COC(C)CC(Cc1ccc(Cl)s1)NN. The summed E-state index contributed by atoms with van der Waals surface area (Å²) in [6.07, 6.45) is 1.99. The number of hydrogen-bond donors (Lipinski definition) is 2. The van der Waals surface area contributed by atoms with Gasteiger partial charge in [-0.15, -0.1) is 11.3 Å². The number of methoxy groups -OCH3 is 1. The van der Waals surface area contributed by atoms with Gasteiger partial charge in [-0.25, -0.2) is 0 Å². The van der Waals surface area contributed by atoms with Crippen molar-refractivity contribution in [3.63, 3.8) is 0 Å². The van der Waals surface area contributed by atoms with E-state index in [4.69, 9.17) is 22.2 Å². The molecule has 3 nitrogen and oxygen atoms in total. The number of hydrazine groups is 1. The van der Waals surface area contributed by atoms with E-state index in [0.29, 0.717) is 0 Å². The molecular weight excluding hydrogens is 232 g/mol. The third kappa shape index (κ3) is 4.49. The van der Waals surface area contributed by atoms with Gasteiger partial charge in [-0.1, -0.05) is 11.6 Å². The van der Waals surface area contributed by atoms with Gasteiger partial charge < -0.3 is 4.74 Å². The molecule has 0 radical (unpaired) electrons. The zero-order valence-electron chi connectivity index (χ0n) is 9.00. The minimum absolute atomic E-state index is 0.210. The van der Waals surface area contributed by atoms with Crippen LogP contribution in [0.25, 0.3) is 0 Å². The van der Waals surface area contributed by atoms with E-state index in [2.05, 4.69) is 5.43 Å². The Morgan fingerprint density at radius 2 is 2.33 bits per heavy atom. The molecule has 0 saturated carbocycles. The fourth-order valence-corrected chi connectivity index (χ4v) is 2.58. The number of rotatable bonds is 6. The summed E-state index contributed by atoms with van der Waals surface area (Å²) in [6.45, 7) is 2.03. The molecule has 0 aromatic carbocycles. The molecule has 0 amide bonds. The molecule has 0 fully saturated rings. The Morgan fingerprint density at radius 3 is 2.80 bits per heavy atom. The number of thiophene rings is 1. The van der Waals surface area contributed by atoms with Crippen molar-refractivity contribution in [2.75, 3.05) is 7.11 Å². The number of halogens is 1. The smallest absolute Gasteiger partial charge is 0.0931 e. The topological polar surface area (TPSA) is 47.3 Å². The van der Waals surface area contributed by atoms with Gasteiger partial charge in [0.15, 0.2) is 0 Å². The van der Waals surface area contributed by atoms with Crippen molar-refractivity contribution < 1.29 is 4.74 Å². The summed E-state index contributed by atoms with van der Waals surface area (Å²) in [5.74, 6) is 5.50. The number of ether oxygens (including phenoxy) is 1. The third-order valence-electron chi connectivity index (χ3n) is 2.33. The monoisotopic (exact) mass is 248 g/mol. The normalized spacial score (nSPS) is 15.2. The van der Waals surface area contributed by atoms with E-state index in [-0.39, 0.29) is 12.1 Å². The van der Waals surface area contributed by atoms with Crippen molar-refractivity contribution in [3.05, 3.63) is 21.3 Å². The fraction of sp³-hybridized carbons (Fsp3) is 0.600. The van der Waals surface area contributed by atoms with E-state index in [0.717, 1.165) is 17.2 Å². The quantitative estimate of drug-likeness (QED) is 0.599. The predicted octanol–water partition coefficient (Wildman–Crippen LogP) is 2.20. The maximum Gasteiger partial charge on any atom is 0.0931 e. The Hall–Kier alpha value is -0.130. The van der Waals surface area contributed by atoms with Crippen LogP contribution in [0.5, 0.6) is 0 Å². The largest absolute Gasteiger partial charge is 0.382 e. The first kappa shape index (κ1) is 12.9. The average Bonchev–Trinajstić information content (AvgIpc) is 2.62. The molecule has 86 valence electrons. The predicted molar refractivity (Wildman–Crippen MR) is 65.2 cm³/mol. The zero-order valence-corrected chi connectivity index (χ0v) is 10.6. The lowest BCUT2D eigenvalue weighted by Gasteiger charge is -2.18. The van der Waals surface area contributed by atoms with Crippen molar-refractivity contribution in [2.45, 2.75) is 31.9 Å². The van der Waals surface area contributed by atoms with Gasteiger partial charge in [0, 0.05) is 18.0 Å². The molecular formula is C10H17ClN2OS. The Labute approximate surface area is 99.5 Å². The molecule has 3 N–H and O–H groups in total. The second-order valence-corrected chi connectivity index (χ2v) is 5.36. The van der Waals surface area contributed by atoms with Crippen LogP contribution in [0, 0.1) is 0 Å². The molecule has 5 heteroatoms. The molecule has 2 unspecified atom stereocenters. The molecule has 0 saturated heterocycles.